The summed E-state index contributed by atoms with van der Waals surface area (Å²) in [5.74, 6) is 2.07. The summed E-state index contributed by atoms with van der Waals surface area (Å²) >= 11 is 0. The number of benzene rings is 3. The molecule has 0 amide bonds. The zero-order chi connectivity index (χ0) is 17.5. The van der Waals surface area contributed by atoms with Gasteiger partial charge in [-0.05, 0) is 72.6 Å². The molecular weight excluding hydrogens is 308 g/mol. The monoisotopic (exact) mass is 331 g/mol. The molecule has 3 aromatic rings. The minimum Gasteiger partial charge on any atom is -0.508 e. The minimum atomic E-state index is 0.303. The summed E-state index contributed by atoms with van der Waals surface area (Å²) in [6.07, 6.45) is 3.83. The fraction of sp³-hybridized carbons (Fsp3) is 0.174. The molecule has 0 bridgehead atoms. The number of rotatable bonds is 7. The lowest BCUT2D eigenvalue weighted by molar-refractivity contribution is 0.474. The summed E-state index contributed by atoms with van der Waals surface area (Å²) < 4.78 is 0. The third-order valence-corrected chi connectivity index (χ3v) is 4.39. The van der Waals surface area contributed by atoms with Crippen LogP contribution in [0.1, 0.15) is 23.1 Å². The van der Waals surface area contributed by atoms with Crippen molar-refractivity contribution in [2.75, 3.05) is 0 Å². The van der Waals surface area contributed by atoms with Crippen LogP contribution in [0.2, 0.25) is 0 Å². The number of phenolic OH excluding ortho intramolecular Hbond substituents is 2. The maximum atomic E-state index is 9.47. The molecule has 0 aliphatic carbocycles. The maximum Gasteiger partial charge on any atom is 0.115 e. The minimum absolute atomic E-state index is 0.303. The molecule has 2 N–H and O–H groups in total. The highest BCUT2D eigenvalue weighted by Gasteiger charge is 2.12. The van der Waals surface area contributed by atoms with Gasteiger partial charge in [-0.2, -0.15) is 0 Å². The third kappa shape index (κ3) is 5.39. The fourth-order valence-corrected chi connectivity index (χ4v) is 3.01. The van der Waals surface area contributed by atoms with Crippen LogP contribution in [0.5, 0.6) is 11.5 Å². The van der Waals surface area contributed by atoms with Gasteiger partial charge in [0.25, 0.3) is 0 Å². The highest BCUT2D eigenvalue weighted by molar-refractivity contribution is 5.30. The van der Waals surface area contributed by atoms with Crippen LogP contribution >= 0.6 is 0 Å². The standard InChI is InChI=1S/C23H23O2/c24-22-12-8-18(9-13-22)6-7-21(16-19-4-2-1-3-5-19)17-20-10-14-23(25)15-11-20/h1-5,8-15,24-25H,6-7,16-17H2. The van der Waals surface area contributed by atoms with Gasteiger partial charge >= 0.3 is 0 Å². The van der Waals surface area contributed by atoms with E-state index in [1.54, 1.807) is 24.3 Å². The van der Waals surface area contributed by atoms with Crippen LogP contribution in [-0.2, 0) is 19.3 Å². The predicted molar refractivity (Wildman–Crippen MR) is 102 cm³/mol. The van der Waals surface area contributed by atoms with Crippen LogP contribution < -0.4 is 0 Å². The second-order valence-corrected chi connectivity index (χ2v) is 6.42. The number of aromatic hydroxyl groups is 2. The van der Waals surface area contributed by atoms with E-state index in [4.69, 9.17) is 0 Å². The Morgan fingerprint density at radius 3 is 1.60 bits per heavy atom. The van der Waals surface area contributed by atoms with Crippen molar-refractivity contribution in [2.24, 2.45) is 0 Å². The highest BCUT2D eigenvalue weighted by atomic mass is 16.3. The average molecular weight is 331 g/mol. The molecule has 0 aromatic heterocycles. The Hall–Kier alpha value is -2.74. The van der Waals surface area contributed by atoms with E-state index in [1.807, 2.05) is 30.3 Å². The molecule has 0 saturated carbocycles. The van der Waals surface area contributed by atoms with Gasteiger partial charge < -0.3 is 10.2 Å². The quantitative estimate of drug-likeness (QED) is 0.633. The summed E-state index contributed by atoms with van der Waals surface area (Å²) in [5, 5.41) is 18.9. The molecule has 1 radical (unpaired) electrons. The van der Waals surface area contributed by atoms with Gasteiger partial charge in [0.05, 0.1) is 0 Å². The summed E-state index contributed by atoms with van der Waals surface area (Å²) in [4.78, 5) is 0. The van der Waals surface area contributed by atoms with Crippen molar-refractivity contribution in [3.63, 3.8) is 0 Å². The average Bonchev–Trinajstić information content (AvgIpc) is 2.64. The molecule has 3 rings (SSSR count). The van der Waals surface area contributed by atoms with E-state index in [1.165, 1.54) is 22.6 Å². The molecule has 0 aliphatic rings. The smallest absolute Gasteiger partial charge is 0.115 e. The van der Waals surface area contributed by atoms with E-state index in [-0.39, 0.29) is 0 Å². The van der Waals surface area contributed by atoms with Gasteiger partial charge in [-0.1, -0.05) is 54.6 Å². The molecule has 0 atom stereocenters. The Kier molecular flexibility index (Phi) is 5.73. The van der Waals surface area contributed by atoms with Crippen molar-refractivity contribution in [2.45, 2.75) is 25.7 Å². The zero-order valence-corrected chi connectivity index (χ0v) is 14.2. The van der Waals surface area contributed by atoms with Crippen LogP contribution in [0, 0.1) is 5.92 Å². The molecule has 0 aliphatic heterocycles. The second-order valence-electron chi connectivity index (χ2n) is 6.42. The lowest BCUT2D eigenvalue weighted by atomic mass is 9.87. The predicted octanol–water partition coefficient (Wildman–Crippen LogP) is 5.09. The SMILES string of the molecule is Oc1ccc(CC[C](Cc2ccccc2)Cc2ccc(O)cc2)cc1. The van der Waals surface area contributed by atoms with Crippen LogP contribution in [0.4, 0.5) is 0 Å². The topological polar surface area (TPSA) is 40.5 Å². The van der Waals surface area contributed by atoms with E-state index in [9.17, 15) is 10.2 Å². The maximum absolute atomic E-state index is 9.47. The van der Waals surface area contributed by atoms with Gasteiger partial charge in [-0.25, -0.2) is 0 Å². The van der Waals surface area contributed by atoms with Crippen LogP contribution in [0.15, 0.2) is 78.9 Å². The summed E-state index contributed by atoms with van der Waals surface area (Å²) in [6.45, 7) is 0. The van der Waals surface area contributed by atoms with Gasteiger partial charge in [0, 0.05) is 0 Å². The molecule has 0 fully saturated rings. The molecule has 0 heterocycles. The van der Waals surface area contributed by atoms with Crippen molar-refractivity contribution >= 4 is 0 Å². The molecule has 127 valence electrons. The molecule has 3 aromatic carbocycles. The molecule has 2 heteroatoms. The first-order valence-corrected chi connectivity index (χ1v) is 8.62. The van der Waals surface area contributed by atoms with Crippen molar-refractivity contribution in [1.29, 1.82) is 0 Å². The van der Waals surface area contributed by atoms with Crippen LogP contribution in [0.25, 0.3) is 0 Å². The summed E-state index contributed by atoms with van der Waals surface area (Å²) in [5.41, 5.74) is 3.77. The van der Waals surface area contributed by atoms with Gasteiger partial charge in [0.2, 0.25) is 0 Å². The molecule has 0 spiro atoms. The van der Waals surface area contributed by atoms with E-state index >= 15 is 0 Å². The molecule has 25 heavy (non-hydrogen) atoms. The van der Waals surface area contributed by atoms with Gasteiger partial charge in [-0.3, -0.25) is 0 Å². The number of hydrogen-bond acceptors (Lipinski definition) is 2. The van der Waals surface area contributed by atoms with Crippen LogP contribution in [-0.4, -0.2) is 10.2 Å². The first-order chi connectivity index (χ1) is 12.2. The van der Waals surface area contributed by atoms with E-state index < -0.39 is 0 Å². The first kappa shape index (κ1) is 17.1. The number of hydrogen-bond donors (Lipinski definition) is 2. The van der Waals surface area contributed by atoms with Crippen molar-refractivity contribution < 1.29 is 10.2 Å². The molecule has 0 unspecified atom stereocenters. The number of phenols is 2. The van der Waals surface area contributed by atoms with E-state index in [0.717, 1.165) is 25.7 Å². The van der Waals surface area contributed by atoms with E-state index in [0.29, 0.717) is 11.5 Å². The van der Waals surface area contributed by atoms with Gasteiger partial charge in [0.15, 0.2) is 0 Å². The Bertz CT molecular complexity index is 761. The van der Waals surface area contributed by atoms with Crippen LogP contribution in [0.3, 0.4) is 0 Å². The zero-order valence-electron chi connectivity index (χ0n) is 14.2. The van der Waals surface area contributed by atoms with Crippen molar-refractivity contribution in [3.05, 3.63) is 101 Å². The Morgan fingerprint density at radius 1 is 0.560 bits per heavy atom. The Balaban J connectivity index is 1.68. The largest absolute Gasteiger partial charge is 0.508 e. The normalized spacial score (nSPS) is 10.9. The van der Waals surface area contributed by atoms with Gasteiger partial charge in [0.1, 0.15) is 11.5 Å². The fourth-order valence-electron chi connectivity index (χ4n) is 3.01. The molecular formula is C23H23O2. The van der Waals surface area contributed by atoms with Crippen molar-refractivity contribution in [1.82, 2.24) is 0 Å². The Labute approximate surface area is 149 Å². The lowest BCUT2D eigenvalue weighted by Gasteiger charge is -2.17. The first-order valence-electron chi connectivity index (χ1n) is 8.62. The summed E-state index contributed by atoms with van der Waals surface area (Å²) in [7, 11) is 0. The highest BCUT2D eigenvalue weighted by Crippen LogP contribution is 2.24. The van der Waals surface area contributed by atoms with Crippen molar-refractivity contribution in [3.8, 4) is 11.5 Å². The van der Waals surface area contributed by atoms with E-state index in [2.05, 4.69) is 24.3 Å². The third-order valence-electron chi connectivity index (χ3n) is 4.39. The van der Waals surface area contributed by atoms with Gasteiger partial charge in [-0.15, -0.1) is 0 Å². The lowest BCUT2D eigenvalue weighted by Crippen LogP contribution is -2.08. The second kappa shape index (κ2) is 8.39. The molecule has 2 nitrogen and oxygen atoms in total. The number of aryl methyl sites for hydroxylation is 1. The summed E-state index contributed by atoms with van der Waals surface area (Å²) in [6, 6.07) is 25.4. The Morgan fingerprint density at radius 2 is 1.04 bits per heavy atom. The molecule has 0 saturated heterocycles.